The number of ether oxygens (including phenoxy) is 1. The number of anilines is 1. The van der Waals surface area contributed by atoms with Crippen molar-refractivity contribution in [2.75, 3.05) is 30.5 Å². The van der Waals surface area contributed by atoms with Crippen LogP contribution in [-0.4, -0.2) is 41.3 Å². The van der Waals surface area contributed by atoms with Crippen LogP contribution in [0.3, 0.4) is 0 Å². The Bertz CT molecular complexity index is 377. The Labute approximate surface area is 104 Å². The summed E-state index contributed by atoms with van der Waals surface area (Å²) in [6, 6.07) is 3.37. The zero-order valence-electron chi connectivity index (χ0n) is 9.68. The van der Waals surface area contributed by atoms with Gasteiger partial charge in [-0.3, -0.25) is 0 Å². The van der Waals surface area contributed by atoms with Crippen molar-refractivity contribution in [3.05, 3.63) is 17.8 Å². The number of carbonyl (C=O) groups excluding carboxylic acids is 1. The summed E-state index contributed by atoms with van der Waals surface area (Å²) < 4.78 is 4.55. The van der Waals surface area contributed by atoms with Crippen molar-refractivity contribution in [3.8, 4) is 0 Å². The normalized spacial score (nSPS) is 19.0. The number of aromatic nitrogens is 2. The SMILES string of the molecule is COC(=O)c1ccc(NCC2CCSC2)nn1. The number of carbonyl (C=O) groups is 1. The van der Waals surface area contributed by atoms with E-state index in [0.29, 0.717) is 11.7 Å². The van der Waals surface area contributed by atoms with Crippen LogP contribution in [0.1, 0.15) is 16.9 Å². The zero-order valence-corrected chi connectivity index (χ0v) is 10.5. The Morgan fingerprint density at radius 2 is 2.47 bits per heavy atom. The molecule has 0 bridgehead atoms. The fourth-order valence-electron chi connectivity index (χ4n) is 1.63. The molecule has 1 atom stereocenters. The lowest BCUT2D eigenvalue weighted by Gasteiger charge is -2.09. The van der Waals surface area contributed by atoms with E-state index in [-0.39, 0.29) is 5.69 Å². The molecule has 1 aliphatic rings. The van der Waals surface area contributed by atoms with Crippen molar-refractivity contribution in [3.63, 3.8) is 0 Å². The molecule has 0 aromatic carbocycles. The third kappa shape index (κ3) is 3.33. The fraction of sp³-hybridized carbons (Fsp3) is 0.545. The van der Waals surface area contributed by atoms with Crippen molar-refractivity contribution in [2.24, 2.45) is 5.92 Å². The van der Waals surface area contributed by atoms with Gasteiger partial charge in [-0.1, -0.05) is 0 Å². The van der Waals surface area contributed by atoms with Crippen molar-refractivity contribution in [1.82, 2.24) is 10.2 Å². The number of thioether (sulfide) groups is 1. The summed E-state index contributed by atoms with van der Waals surface area (Å²) in [7, 11) is 1.33. The molecular formula is C11H15N3O2S. The molecule has 2 heterocycles. The standard InChI is InChI=1S/C11H15N3O2S/c1-16-11(15)9-2-3-10(14-13-9)12-6-8-4-5-17-7-8/h2-3,8H,4-7H2,1H3,(H,12,14). The van der Waals surface area contributed by atoms with E-state index < -0.39 is 5.97 Å². The maximum absolute atomic E-state index is 11.1. The Hall–Kier alpha value is -1.30. The molecule has 17 heavy (non-hydrogen) atoms. The van der Waals surface area contributed by atoms with E-state index >= 15 is 0 Å². The first-order valence-corrected chi connectivity index (χ1v) is 6.68. The second-order valence-corrected chi connectivity index (χ2v) is 5.06. The minimum absolute atomic E-state index is 0.231. The number of methoxy groups -OCH3 is 1. The molecule has 0 aliphatic carbocycles. The molecular weight excluding hydrogens is 238 g/mol. The Morgan fingerprint density at radius 3 is 3.06 bits per heavy atom. The minimum atomic E-state index is -0.462. The molecule has 2 rings (SSSR count). The van der Waals surface area contributed by atoms with Crippen molar-refractivity contribution < 1.29 is 9.53 Å². The van der Waals surface area contributed by atoms with Crippen molar-refractivity contribution >= 4 is 23.5 Å². The van der Waals surface area contributed by atoms with Crippen LogP contribution in [0.25, 0.3) is 0 Å². The third-order valence-corrected chi connectivity index (χ3v) is 3.89. The quantitative estimate of drug-likeness (QED) is 0.819. The van der Waals surface area contributed by atoms with Gasteiger partial charge in [0.1, 0.15) is 5.82 Å². The van der Waals surface area contributed by atoms with Crippen molar-refractivity contribution in [1.29, 1.82) is 0 Å². The lowest BCUT2D eigenvalue weighted by molar-refractivity contribution is 0.0593. The molecule has 1 aromatic heterocycles. The van der Waals surface area contributed by atoms with Gasteiger partial charge in [0, 0.05) is 6.54 Å². The molecule has 5 nitrogen and oxygen atoms in total. The Kier molecular flexibility index (Phi) is 4.19. The van der Waals surface area contributed by atoms with Gasteiger partial charge in [-0.25, -0.2) is 4.79 Å². The third-order valence-electron chi connectivity index (χ3n) is 2.65. The first-order chi connectivity index (χ1) is 8.29. The van der Waals surface area contributed by atoms with Gasteiger partial charge in [0.25, 0.3) is 0 Å². The second-order valence-electron chi connectivity index (χ2n) is 3.91. The molecule has 1 unspecified atom stereocenters. The molecule has 1 aliphatic heterocycles. The van der Waals surface area contributed by atoms with Crippen LogP contribution in [0.4, 0.5) is 5.82 Å². The molecule has 0 amide bonds. The van der Waals surface area contributed by atoms with Crippen LogP contribution in [0, 0.1) is 5.92 Å². The molecule has 0 radical (unpaired) electrons. The number of hydrogen-bond donors (Lipinski definition) is 1. The Morgan fingerprint density at radius 1 is 1.59 bits per heavy atom. The average Bonchev–Trinajstić information content (AvgIpc) is 2.89. The van der Waals surface area contributed by atoms with Crippen molar-refractivity contribution in [2.45, 2.75) is 6.42 Å². The topological polar surface area (TPSA) is 64.1 Å². The number of rotatable bonds is 4. The van der Waals surface area contributed by atoms with Crippen LogP contribution < -0.4 is 5.32 Å². The minimum Gasteiger partial charge on any atom is -0.464 e. The monoisotopic (exact) mass is 253 g/mol. The average molecular weight is 253 g/mol. The van der Waals surface area contributed by atoms with Gasteiger partial charge in [0.2, 0.25) is 0 Å². The maximum Gasteiger partial charge on any atom is 0.358 e. The smallest absolute Gasteiger partial charge is 0.358 e. The van der Waals surface area contributed by atoms with E-state index in [9.17, 15) is 4.79 Å². The summed E-state index contributed by atoms with van der Waals surface area (Å²) in [5, 5.41) is 11.0. The van der Waals surface area contributed by atoms with E-state index in [1.807, 2.05) is 11.8 Å². The highest BCUT2D eigenvalue weighted by Crippen LogP contribution is 2.23. The predicted molar refractivity (Wildman–Crippen MR) is 67.3 cm³/mol. The summed E-state index contributed by atoms with van der Waals surface area (Å²) in [6.07, 6.45) is 1.26. The molecule has 1 fully saturated rings. The fourth-order valence-corrected chi connectivity index (χ4v) is 2.92. The van der Waals surface area contributed by atoms with Gasteiger partial charge in [-0.2, -0.15) is 11.8 Å². The van der Waals surface area contributed by atoms with E-state index in [1.165, 1.54) is 25.0 Å². The van der Waals surface area contributed by atoms with E-state index in [0.717, 1.165) is 6.54 Å². The Balaban J connectivity index is 1.87. The first-order valence-electron chi connectivity index (χ1n) is 5.53. The molecule has 0 saturated carbocycles. The largest absolute Gasteiger partial charge is 0.464 e. The number of nitrogens with one attached hydrogen (secondary N) is 1. The van der Waals surface area contributed by atoms with Crippen LogP contribution in [0.15, 0.2) is 12.1 Å². The maximum atomic E-state index is 11.1. The number of hydrogen-bond acceptors (Lipinski definition) is 6. The summed E-state index contributed by atoms with van der Waals surface area (Å²) in [6.45, 7) is 0.916. The lowest BCUT2D eigenvalue weighted by Crippen LogP contribution is -2.15. The van der Waals surface area contributed by atoms with Gasteiger partial charge in [-0.15, -0.1) is 10.2 Å². The lowest BCUT2D eigenvalue weighted by atomic mass is 10.1. The van der Waals surface area contributed by atoms with Gasteiger partial charge in [0.05, 0.1) is 7.11 Å². The molecule has 6 heteroatoms. The highest BCUT2D eigenvalue weighted by Gasteiger charge is 2.15. The van der Waals surface area contributed by atoms with E-state index in [1.54, 1.807) is 12.1 Å². The zero-order chi connectivity index (χ0) is 12.1. The highest BCUT2D eigenvalue weighted by atomic mass is 32.2. The summed E-state index contributed by atoms with van der Waals surface area (Å²) in [5.41, 5.74) is 0.231. The molecule has 1 aromatic rings. The van der Waals surface area contributed by atoms with E-state index in [4.69, 9.17) is 0 Å². The van der Waals surface area contributed by atoms with Crippen LogP contribution in [-0.2, 0) is 4.74 Å². The van der Waals surface area contributed by atoms with Gasteiger partial charge in [0.15, 0.2) is 5.69 Å². The first kappa shape index (κ1) is 12.2. The molecule has 1 N–H and O–H groups in total. The van der Waals surface area contributed by atoms with Gasteiger partial charge in [-0.05, 0) is 36.0 Å². The molecule has 1 saturated heterocycles. The predicted octanol–water partition coefficient (Wildman–Crippen LogP) is 1.43. The number of nitrogens with zero attached hydrogens (tertiary/aromatic N) is 2. The molecule has 92 valence electrons. The van der Waals surface area contributed by atoms with Gasteiger partial charge < -0.3 is 10.1 Å². The summed E-state index contributed by atoms with van der Waals surface area (Å²) >= 11 is 1.99. The number of esters is 1. The summed E-state index contributed by atoms with van der Waals surface area (Å²) in [4.78, 5) is 11.1. The summed E-state index contributed by atoms with van der Waals surface area (Å²) in [5.74, 6) is 3.41. The van der Waals surface area contributed by atoms with E-state index in [2.05, 4.69) is 20.3 Å². The van der Waals surface area contributed by atoms with Crippen LogP contribution in [0.2, 0.25) is 0 Å². The molecule has 0 spiro atoms. The highest BCUT2D eigenvalue weighted by molar-refractivity contribution is 7.99. The van der Waals surface area contributed by atoms with Crippen LogP contribution in [0.5, 0.6) is 0 Å². The van der Waals surface area contributed by atoms with Crippen LogP contribution >= 0.6 is 11.8 Å². The van der Waals surface area contributed by atoms with Gasteiger partial charge >= 0.3 is 5.97 Å². The second kappa shape index (κ2) is 5.86.